The van der Waals surface area contributed by atoms with Crippen molar-refractivity contribution in [2.75, 3.05) is 38.5 Å². The molecule has 0 saturated carbocycles. The minimum Gasteiger partial charge on any atom is -0.466 e. The van der Waals surface area contributed by atoms with Gasteiger partial charge in [-0.2, -0.15) is 8.42 Å². The van der Waals surface area contributed by atoms with Crippen LogP contribution in [0, 0.1) is 6.92 Å². The highest BCUT2D eigenvalue weighted by Crippen LogP contribution is 2.32. The summed E-state index contributed by atoms with van der Waals surface area (Å²) in [5.41, 5.74) is 3.19. The lowest BCUT2D eigenvalue weighted by atomic mass is 10.1. The van der Waals surface area contributed by atoms with Crippen molar-refractivity contribution in [2.45, 2.75) is 45.9 Å². The number of piperidine rings is 1. The summed E-state index contributed by atoms with van der Waals surface area (Å²) in [6, 6.07) is 13.5. The summed E-state index contributed by atoms with van der Waals surface area (Å²) in [6.45, 7) is 7.96. The van der Waals surface area contributed by atoms with Gasteiger partial charge >= 0.3 is 16.2 Å². The first-order valence-electron chi connectivity index (χ1n) is 12.8. The smallest absolute Gasteiger partial charge is 0.370 e. The summed E-state index contributed by atoms with van der Waals surface area (Å²) in [6.07, 6.45) is 3.32. The molecule has 10 nitrogen and oxygen atoms in total. The highest BCUT2D eigenvalue weighted by Gasteiger charge is 2.35. The van der Waals surface area contributed by atoms with Gasteiger partial charge in [-0.25, -0.2) is 0 Å². The number of ether oxygens (including phenoxy) is 2. The van der Waals surface area contributed by atoms with Crippen molar-refractivity contribution < 1.29 is 17.9 Å². The van der Waals surface area contributed by atoms with E-state index in [1.54, 1.807) is 24.1 Å². The van der Waals surface area contributed by atoms with E-state index in [1.807, 2.05) is 26.0 Å². The first-order valence-corrected chi connectivity index (χ1v) is 14.2. The number of nitrogens with one attached hydrogen (secondary N) is 1. The van der Waals surface area contributed by atoms with E-state index in [1.165, 1.54) is 29.7 Å². The first kappa shape index (κ1) is 25.3. The van der Waals surface area contributed by atoms with Gasteiger partial charge in [-0.1, -0.05) is 34.6 Å². The molecule has 0 amide bonds. The van der Waals surface area contributed by atoms with Gasteiger partial charge in [-0.05, 0) is 69.6 Å². The molecule has 198 valence electrons. The molecule has 1 unspecified atom stereocenters. The van der Waals surface area contributed by atoms with E-state index in [4.69, 9.17) is 9.47 Å². The van der Waals surface area contributed by atoms with E-state index >= 15 is 0 Å². The van der Waals surface area contributed by atoms with Gasteiger partial charge in [0.25, 0.3) is 0 Å². The Bertz CT molecular complexity index is 1290. The second-order valence-corrected chi connectivity index (χ2v) is 10.9. The molecular formula is C26H34N6O4S. The summed E-state index contributed by atoms with van der Waals surface area (Å²) in [5, 5.41) is 3.42. The third-order valence-corrected chi connectivity index (χ3v) is 7.56. The van der Waals surface area contributed by atoms with Crippen molar-refractivity contribution in [3.8, 4) is 11.5 Å². The molecule has 0 aliphatic carbocycles. The fourth-order valence-corrected chi connectivity index (χ4v) is 5.62. The lowest BCUT2D eigenvalue weighted by molar-refractivity contribution is 0.0795. The third kappa shape index (κ3) is 5.83. The molecule has 3 aliphatic heterocycles. The number of amidine groups is 1. The van der Waals surface area contributed by atoms with Crippen LogP contribution in [0.4, 0.5) is 5.69 Å². The van der Waals surface area contributed by atoms with E-state index in [9.17, 15) is 8.42 Å². The maximum atomic E-state index is 12.6. The van der Waals surface area contributed by atoms with Crippen molar-refractivity contribution in [1.82, 2.24) is 14.7 Å². The third-order valence-electron chi connectivity index (χ3n) is 6.78. The largest absolute Gasteiger partial charge is 0.466 e. The molecule has 3 aliphatic rings. The van der Waals surface area contributed by atoms with E-state index in [2.05, 4.69) is 37.2 Å². The summed E-state index contributed by atoms with van der Waals surface area (Å²) in [4.78, 5) is 5.82. The molecule has 3 heterocycles. The molecule has 0 bridgehead atoms. The molecule has 2 aromatic carbocycles. The second kappa shape index (κ2) is 10.6. The molecule has 0 spiro atoms. The van der Waals surface area contributed by atoms with Crippen LogP contribution in [-0.2, 0) is 16.8 Å². The zero-order valence-corrected chi connectivity index (χ0v) is 22.4. The van der Waals surface area contributed by atoms with Gasteiger partial charge in [0.05, 0.1) is 12.2 Å². The Kier molecular flexibility index (Phi) is 7.25. The number of hydrogen-bond acceptors (Lipinski definition) is 8. The van der Waals surface area contributed by atoms with Crippen molar-refractivity contribution in [3.05, 3.63) is 53.6 Å². The fourth-order valence-electron chi connectivity index (χ4n) is 4.79. The molecule has 5 rings (SSSR count). The number of likely N-dealkylation sites (tertiary alicyclic amines) is 1. The molecule has 1 N–H and O–H groups in total. The van der Waals surface area contributed by atoms with Gasteiger partial charge in [0.15, 0.2) is 6.23 Å². The summed E-state index contributed by atoms with van der Waals surface area (Å²) in [5.74, 6) is 1.43. The number of guanidine groups is 1. The monoisotopic (exact) mass is 526 g/mol. The predicted molar refractivity (Wildman–Crippen MR) is 144 cm³/mol. The molecular weight excluding hydrogens is 492 g/mol. The number of anilines is 1. The van der Waals surface area contributed by atoms with Crippen LogP contribution in [0.2, 0.25) is 0 Å². The number of aryl methyl sites for hydroxylation is 1. The number of benzene rings is 2. The molecule has 1 atom stereocenters. The zero-order valence-electron chi connectivity index (χ0n) is 21.6. The number of hydrogen-bond donors (Lipinski definition) is 1. The van der Waals surface area contributed by atoms with Crippen molar-refractivity contribution in [3.63, 3.8) is 0 Å². The molecule has 0 aromatic heterocycles. The second-order valence-electron chi connectivity index (χ2n) is 9.59. The standard InChI is InChI=1S/C26H34N6O4S/c1-4-32(25-28-37(33,34)29-26(30(25)3)35-21-11-8-19(2)9-12-21)24-17-27-22-13-10-20(16-23(22)36-24)18-31-14-6-5-7-15-31/h8-13,16,24,27H,4-7,14-15,17-18H2,1-3H3. The van der Waals surface area contributed by atoms with Gasteiger partial charge in [0.2, 0.25) is 5.96 Å². The van der Waals surface area contributed by atoms with Crippen LogP contribution in [-0.4, -0.2) is 74.6 Å². The SMILES string of the molecule is CCN(C1=NS(=O)(=O)N=C(Oc2ccc(C)cc2)N1C)C1CNc2ccc(CN3CCCCC3)cc2O1. The average Bonchev–Trinajstić information content (AvgIpc) is 2.88. The molecule has 0 radical (unpaired) electrons. The van der Waals surface area contributed by atoms with Gasteiger partial charge in [-0.15, -0.1) is 4.40 Å². The van der Waals surface area contributed by atoms with E-state index in [0.29, 0.717) is 18.8 Å². The minimum atomic E-state index is -4.13. The normalized spacial score (nSPS) is 21.2. The number of rotatable bonds is 5. The summed E-state index contributed by atoms with van der Waals surface area (Å²) in [7, 11) is -2.45. The van der Waals surface area contributed by atoms with Crippen molar-refractivity contribution >= 4 is 27.9 Å². The van der Waals surface area contributed by atoms with Crippen LogP contribution >= 0.6 is 0 Å². The lowest BCUT2D eigenvalue weighted by Gasteiger charge is -2.39. The maximum Gasteiger partial charge on any atom is 0.370 e. The Labute approximate surface area is 218 Å². The van der Waals surface area contributed by atoms with Gasteiger partial charge in [0.1, 0.15) is 11.5 Å². The van der Waals surface area contributed by atoms with E-state index < -0.39 is 16.4 Å². The fraction of sp³-hybridized carbons (Fsp3) is 0.462. The molecule has 2 aromatic rings. The van der Waals surface area contributed by atoms with Crippen LogP contribution in [0.3, 0.4) is 0 Å². The minimum absolute atomic E-state index is 0.0692. The lowest BCUT2D eigenvalue weighted by Crippen LogP contribution is -2.56. The molecule has 11 heteroatoms. The van der Waals surface area contributed by atoms with E-state index in [-0.39, 0.29) is 12.0 Å². The summed E-state index contributed by atoms with van der Waals surface area (Å²) < 4.78 is 45.2. The molecule has 37 heavy (non-hydrogen) atoms. The Morgan fingerprint density at radius 2 is 1.86 bits per heavy atom. The van der Waals surface area contributed by atoms with Gasteiger partial charge in [0, 0.05) is 20.1 Å². The quantitative estimate of drug-likeness (QED) is 0.633. The number of fused-ring (bicyclic) bond motifs is 1. The van der Waals surface area contributed by atoms with Crippen LogP contribution in [0.1, 0.15) is 37.3 Å². The Morgan fingerprint density at radius 3 is 2.59 bits per heavy atom. The zero-order chi connectivity index (χ0) is 26.0. The van der Waals surface area contributed by atoms with Crippen LogP contribution in [0.25, 0.3) is 0 Å². The van der Waals surface area contributed by atoms with Crippen molar-refractivity contribution in [2.24, 2.45) is 8.80 Å². The predicted octanol–water partition coefficient (Wildman–Crippen LogP) is 3.41. The summed E-state index contributed by atoms with van der Waals surface area (Å²) >= 11 is 0. The topological polar surface area (TPSA) is 99.1 Å². The average molecular weight is 527 g/mol. The van der Waals surface area contributed by atoms with Crippen LogP contribution in [0.5, 0.6) is 11.5 Å². The maximum absolute atomic E-state index is 12.6. The Morgan fingerprint density at radius 1 is 1.11 bits per heavy atom. The highest BCUT2D eigenvalue weighted by molar-refractivity contribution is 7.89. The first-order chi connectivity index (χ1) is 17.8. The Hall–Kier alpha value is -3.31. The number of nitrogens with zero attached hydrogens (tertiary/aromatic N) is 5. The molecule has 1 fully saturated rings. The van der Waals surface area contributed by atoms with Crippen LogP contribution in [0.15, 0.2) is 51.3 Å². The van der Waals surface area contributed by atoms with Crippen molar-refractivity contribution in [1.29, 1.82) is 0 Å². The van der Waals surface area contributed by atoms with Crippen LogP contribution < -0.4 is 14.8 Å². The van der Waals surface area contributed by atoms with Gasteiger partial charge < -0.3 is 19.7 Å². The number of likely N-dealkylation sites (N-methyl/N-ethyl adjacent to an activating group) is 1. The Balaban J connectivity index is 1.34. The van der Waals surface area contributed by atoms with E-state index in [0.717, 1.165) is 36.6 Å². The molecule has 1 saturated heterocycles. The highest BCUT2D eigenvalue weighted by atomic mass is 32.2. The van der Waals surface area contributed by atoms with Gasteiger partial charge in [-0.3, -0.25) is 9.80 Å².